The Morgan fingerprint density at radius 3 is 2.46 bits per heavy atom. The van der Waals surface area contributed by atoms with Crippen molar-refractivity contribution in [3.8, 4) is 17.2 Å². The summed E-state index contributed by atoms with van der Waals surface area (Å²) in [4.78, 5) is 23.6. The second kappa shape index (κ2) is 8.75. The highest BCUT2D eigenvalue weighted by molar-refractivity contribution is 5.91. The zero-order valence-electron chi connectivity index (χ0n) is 14.8. The Morgan fingerprint density at radius 2 is 1.81 bits per heavy atom. The number of aromatic carboxylic acids is 1. The Hall–Kier alpha value is -3.22. The van der Waals surface area contributed by atoms with Crippen molar-refractivity contribution in [2.24, 2.45) is 0 Å². The van der Waals surface area contributed by atoms with Crippen molar-refractivity contribution in [2.75, 3.05) is 14.2 Å². The molecule has 0 radical (unpaired) electrons. The number of para-hydroxylation sites is 1. The number of hydrogen-bond acceptors (Lipinski definition) is 5. The van der Waals surface area contributed by atoms with Crippen LogP contribution in [-0.2, 0) is 11.3 Å². The lowest BCUT2D eigenvalue weighted by Gasteiger charge is -2.17. The van der Waals surface area contributed by atoms with Crippen LogP contribution in [0.4, 0.5) is 0 Å². The normalized spacial score (nSPS) is 11.3. The maximum atomic E-state index is 12.3. The molecule has 0 bridgehead atoms. The molecule has 2 rings (SSSR count). The monoisotopic (exact) mass is 359 g/mol. The second-order valence-electron chi connectivity index (χ2n) is 5.46. The molecule has 0 heterocycles. The molecule has 0 unspecified atom stereocenters. The van der Waals surface area contributed by atoms with Gasteiger partial charge in [0.05, 0.1) is 14.2 Å². The molecule has 7 nitrogen and oxygen atoms in total. The van der Waals surface area contributed by atoms with E-state index in [2.05, 4.69) is 5.32 Å². The molecule has 1 amide bonds. The van der Waals surface area contributed by atoms with Crippen LogP contribution in [0.3, 0.4) is 0 Å². The van der Waals surface area contributed by atoms with Gasteiger partial charge in [0.15, 0.2) is 6.10 Å². The van der Waals surface area contributed by atoms with E-state index in [1.165, 1.54) is 25.3 Å². The van der Waals surface area contributed by atoms with Gasteiger partial charge in [-0.1, -0.05) is 18.2 Å². The maximum Gasteiger partial charge on any atom is 0.339 e. The second-order valence-corrected chi connectivity index (χ2v) is 5.46. The van der Waals surface area contributed by atoms with Crippen molar-refractivity contribution >= 4 is 11.9 Å². The fraction of sp³-hybridized carbons (Fsp3) is 0.263. The van der Waals surface area contributed by atoms with Gasteiger partial charge in [0.2, 0.25) is 0 Å². The number of rotatable bonds is 8. The van der Waals surface area contributed by atoms with E-state index in [9.17, 15) is 14.7 Å². The third-order valence-corrected chi connectivity index (χ3v) is 3.74. The van der Waals surface area contributed by atoms with Gasteiger partial charge in [0.25, 0.3) is 5.91 Å². The number of methoxy groups -OCH3 is 2. The number of carboxylic acid groups (broad SMARTS) is 1. The average molecular weight is 359 g/mol. The zero-order chi connectivity index (χ0) is 19.1. The number of carbonyl (C=O) groups excluding carboxylic acids is 1. The summed E-state index contributed by atoms with van der Waals surface area (Å²) in [7, 11) is 3.02. The SMILES string of the molecule is COc1ccc(C(=O)O)c(O[C@@H](C)C(=O)NCc2ccccc2OC)c1. The summed E-state index contributed by atoms with van der Waals surface area (Å²) >= 11 is 0. The van der Waals surface area contributed by atoms with Gasteiger partial charge in [-0.25, -0.2) is 4.79 Å². The number of benzene rings is 2. The van der Waals surface area contributed by atoms with Crippen LogP contribution in [0, 0.1) is 0 Å². The molecule has 0 aromatic heterocycles. The smallest absolute Gasteiger partial charge is 0.339 e. The van der Waals surface area contributed by atoms with E-state index >= 15 is 0 Å². The Morgan fingerprint density at radius 1 is 1.08 bits per heavy atom. The van der Waals surface area contributed by atoms with Gasteiger partial charge < -0.3 is 24.6 Å². The van der Waals surface area contributed by atoms with Crippen LogP contribution in [0.25, 0.3) is 0 Å². The molecule has 138 valence electrons. The first-order chi connectivity index (χ1) is 12.5. The number of carbonyl (C=O) groups is 2. The minimum atomic E-state index is -1.15. The molecule has 0 aliphatic heterocycles. The number of nitrogens with one attached hydrogen (secondary N) is 1. The molecule has 0 saturated carbocycles. The lowest BCUT2D eigenvalue weighted by atomic mass is 10.2. The van der Waals surface area contributed by atoms with Crippen LogP contribution >= 0.6 is 0 Å². The van der Waals surface area contributed by atoms with Crippen LogP contribution in [0.15, 0.2) is 42.5 Å². The molecule has 0 saturated heterocycles. The molecule has 7 heteroatoms. The fourth-order valence-corrected chi connectivity index (χ4v) is 2.32. The third kappa shape index (κ3) is 4.66. The Kier molecular flexibility index (Phi) is 6.43. The minimum Gasteiger partial charge on any atom is -0.497 e. The minimum absolute atomic E-state index is 0.0461. The van der Waals surface area contributed by atoms with Crippen molar-refractivity contribution in [1.29, 1.82) is 0 Å². The largest absolute Gasteiger partial charge is 0.497 e. The van der Waals surface area contributed by atoms with Crippen molar-refractivity contribution in [3.05, 3.63) is 53.6 Å². The first kappa shape index (κ1) is 19.1. The van der Waals surface area contributed by atoms with E-state index in [1.807, 2.05) is 18.2 Å². The van der Waals surface area contributed by atoms with Gasteiger partial charge in [-0.05, 0) is 25.1 Å². The van der Waals surface area contributed by atoms with Crippen LogP contribution in [0.5, 0.6) is 17.2 Å². The van der Waals surface area contributed by atoms with Gasteiger partial charge in [0, 0.05) is 18.2 Å². The first-order valence-electron chi connectivity index (χ1n) is 7.93. The zero-order valence-corrected chi connectivity index (χ0v) is 14.8. The van der Waals surface area contributed by atoms with Gasteiger partial charge in [-0.15, -0.1) is 0 Å². The topological polar surface area (TPSA) is 94.1 Å². The van der Waals surface area contributed by atoms with E-state index in [1.54, 1.807) is 20.1 Å². The van der Waals surface area contributed by atoms with Crippen LogP contribution < -0.4 is 19.5 Å². The summed E-state index contributed by atoms with van der Waals surface area (Å²) in [5, 5.41) is 12.0. The maximum absolute atomic E-state index is 12.3. The molecule has 0 fully saturated rings. The van der Waals surface area contributed by atoms with E-state index < -0.39 is 12.1 Å². The van der Waals surface area contributed by atoms with E-state index in [0.29, 0.717) is 11.5 Å². The molecule has 0 spiro atoms. The highest BCUT2D eigenvalue weighted by Gasteiger charge is 2.19. The predicted molar refractivity (Wildman–Crippen MR) is 94.9 cm³/mol. The Labute approximate surface area is 151 Å². The summed E-state index contributed by atoms with van der Waals surface area (Å²) in [5.74, 6) is -0.356. The summed E-state index contributed by atoms with van der Waals surface area (Å²) in [6.45, 7) is 1.81. The van der Waals surface area contributed by atoms with Crippen molar-refractivity contribution in [2.45, 2.75) is 19.6 Å². The standard InChI is InChI=1S/C19H21NO6/c1-12(18(21)20-11-13-6-4-5-7-16(13)25-3)26-17-10-14(24-2)8-9-15(17)19(22)23/h4-10,12H,11H2,1-3H3,(H,20,21)(H,22,23)/t12-/m0/s1. The summed E-state index contributed by atoms with van der Waals surface area (Å²) in [6, 6.07) is 11.7. The third-order valence-electron chi connectivity index (χ3n) is 3.74. The van der Waals surface area contributed by atoms with Crippen LogP contribution in [0.1, 0.15) is 22.8 Å². The number of amides is 1. The van der Waals surface area contributed by atoms with Crippen molar-refractivity contribution in [1.82, 2.24) is 5.32 Å². The quantitative estimate of drug-likeness (QED) is 0.752. The Bertz CT molecular complexity index is 789. The molecule has 1 atom stereocenters. The van der Waals surface area contributed by atoms with Crippen LogP contribution in [-0.4, -0.2) is 37.3 Å². The predicted octanol–water partition coefficient (Wildman–Crippen LogP) is 2.49. The van der Waals surface area contributed by atoms with E-state index in [-0.39, 0.29) is 23.8 Å². The summed E-state index contributed by atoms with van der Waals surface area (Å²) < 4.78 is 15.9. The summed E-state index contributed by atoms with van der Waals surface area (Å²) in [5.41, 5.74) is 0.776. The van der Waals surface area contributed by atoms with Gasteiger partial charge in [0.1, 0.15) is 22.8 Å². The summed E-state index contributed by atoms with van der Waals surface area (Å²) in [6.07, 6.45) is -0.894. The molecule has 2 aromatic carbocycles. The molecule has 2 aromatic rings. The molecule has 2 N–H and O–H groups in total. The van der Waals surface area contributed by atoms with Gasteiger partial charge in [-0.3, -0.25) is 4.79 Å². The molecular weight excluding hydrogens is 338 g/mol. The van der Waals surface area contributed by atoms with Crippen molar-refractivity contribution in [3.63, 3.8) is 0 Å². The Balaban J connectivity index is 2.06. The molecule has 0 aliphatic rings. The number of ether oxygens (including phenoxy) is 3. The highest BCUT2D eigenvalue weighted by Crippen LogP contribution is 2.26. The van der Waals surface area contributed by atoms with E-state index in [4.69, 9.17) is 14.2 Å². The van der Waals surface area contributed by atoms with Crippen molar-refractivity contribution < 1.29 is 28.9 Å². The highest BCUT2D eigenvalue weighted by atomic mass is 16.5. The fourth-order valence-electron chi connectivity index (χ4n) is 2.32. The molecule has 26 heavy (non-hydrogen) atoms. The van der Waals surface area contributed by atoms with Gasteiger partial charge in [-0.2, -0.15) is 0 Å². The molecule has 0 aliphatic carbocycles. The van der Waals surface area contributed by atoms with E-state index in [0.717, 1.165) is 5.56 Å². The lowest BCUT2D eigenvalue weighted by Crippen LogP contribution is -2.36. The average Bonchev–Trinajstić information content (AvgIpc) is 2.65. The lowest BCUT2D eigenvalue weighted by molar-refractivity contribution is -0.127. The molecular formula is C19H21NO6. The van der Waals surface area contributed by atoms with Crippen LogP contribution in [0.2, 0.25) is 0 Å². The number of hydrogen-bond donors (Lipinski definition) is 2. The number of carboxylic acids is 1. The van der Waals surface area contributed by atoms with Gasteiger partial charge >= 0.3 is 5.97 Å². The first-order valence-corrected chi connectivity index (χ1v) is 7.93.